The van der Waals surface area contributed by atoms with E-state index in [9.17, 15) is 24.4 Å². The SMILES string of the molecule is CC(=O)Nc1ccc(N2C(=O)CC(N(Cc3ccccc3)C(=O)CSc3nc(C)ccc3C#N)C2=O)cc1. The molecule has 0 spiro atoms. The first-order chi connectivity index (χ1) is 18.3. The number of nitrogens with zero attached hydrogens (tertiary/aromatic N) is 4. The van der Waals surface area contributed by atoms with Crippen LogP contribution in [-0.4, -0.2) is 45.3 Å². The normalized spacial score (nSPS) is 14.8. The van der Waals surface area contributed by atoms with Crippen LogP contribution in [-0.2, 0) is 25.7 Å². The van der Waals surface area contributed by atoms with E-state index in [-0.39, 0.29) is 30.5 Å². The fraction of sp³-hybridized carbons (Fsp3) is 0.214. The van der Waals surface area contributed by atoms with E-state index >= 15 is 0 Å². The fourth-order valence-electron chi connectivity index (χ4n) is 4.12. The third-order valence-electron chi connectivity index (χ3n) is 5.91. The van der Waals surface area contributed by atoms with Crippen molar-refractivity contribution in [2.45, 2.75) is 37.9 Å². The van der Waals surface area contributed by atoms with E-state index in [0.717, 1.165) is 27.9 Å². The minimum absolute atomic E-state index is 0.0542. The van der Waals surface area contributed by atoms with Gasteiger partial charge in [0.2, 0.25) is 17.7 Å². The predicted octanol–water partition coefficient (Wildman–Crippen LogP) is 3.67. The van der Waals surface area contributed by atoms with Crippen molar-refractivity contribution in [3.8, 4) is 6.07 Å². The van der Waals surface area contributed by atoms with Crippen LogP contribution in [0.25, 0.3) is 0 Å². The number of aromatic nitrogens is 1. The molecular formula is C28H25N5O4S. The zero-order valence-corrected chi connectivity index (χ0v) is 21.7. The maximum atomic E-state index is 13.5. The van der Waals surface area contributed by atoms with Gasteiger partial charge in [0.25, 0.3) is 5.91 Å². The number of carbonyl (C=O) groups is 4. The van der Waals surface area contributed by atoms with Crippen LogP contribution >= 0.6 is 11.8 Å². The molecule has 1 atom stereocenters. The summed E-state index contributed by atoms with van der Waals surface area (Å²) >= 11 is 1.13. The summed E-state index contributed by atoms with van der Waals surface area (Å²) in [6.07, 6.45) is -0.151. The lowest BCUT2D eigenvalue weighted by atomic mass is 10.1. The van der Waals surface area contributed by atoms with E-state index in [1.165, 1.54) is 11.8 Å². The molecule has 10 heteroatoms. The van der Waals surface area contributed by atoms with Crippen LogP contribution in [0.4, 0.5) is 11.4 Å². The van der Waals surface area contributed by atoms with Gasteiger partial charge in [-0.2, -0.15) is 5.26 Å². The summed E-state index contributed by atoms with van der Waals surface area (Å²) < 4.78 is 0. The molecule has 0 bridgehead atoms. The molecule has 0 saturated carbocycles. The lowest BCUT2D eigenvalue weighted by molar-refractivity contribution is -0.136. The molecule has 4 amide bonds. The number of amides is 4. The number of aryl methyl sites for hydroxylation is 1. The largest absolute Gasteiger partial charge is 0.326 e. The number of hydrogen-bond acceptors (Lipinski definition) is 7. The highest BCUT2D eigenvalue weighted by Gasteiger charge is 2.44. The lowest BCUT2D eigenvalue weighted by Gasteiger charge is -2.28. The second kappa shape index (κ2) is 11.7. The molecule has 1 aliphatic rings. The molecule has 1 N–H and O–H groups in total. The van der Waals surface area contributed by atoms with E-state index < -0.39 is 17.9 Å². The van der Waals surface area contributed by atoms with Gasteiger partial charge >= 0.3 is 0 Å². The Morgan fingerprint density at radius 2 is 1.82 bits per heavy atom. The Morgan fingerprint density at radius 1 is 1.11 bits per heavy atom. The number of imide groups is 1. The molecule has 1 aromatic heterocycles. The Balaban J connectivity index is 1.57. The average molecular weight is 528 g/mol. The van der Waals surface area contributed by atoms with E-state index in [1.807, 2.05) is 30.3 Å². The summed E-state index contributed by atoms with van der Waals surface area (Å²) in [5.74, 6) is -1.55. The lowest BCUT2D eigenvalue weighted by Crippen LogP contribution is -2.45. The van der Waals surface area contributed by atoms with Gasteiger partial charge in [-0.15, -0.1) is 0 Å². The number of benzene rings is 2. The van der Waals surface area contributed by atoms with E-state index in [1.54, 1.807) is 43.3 Å². The Morgan fingerprint density at radius 3 is 2.47 bits per heavy atom. The molecule has 38 heavy (non-hydrogen) atoms. The highest BCUT2D eigenvalue weighted by Crippen LogP contribution is 2.29. The Labute approximate surface area is 224 Å². The third-order valence-corrected chi connectivity index (χ3v) is 6.89. The van der Waals surface area contributed by atoms with Crippen molar-refractivity contribution in [3.63, 3.8) is 0 Å². The Kier molecular flexibility index (Phi) is 8.19. The number of rotatable bonds is 8. The first-order valence-electron chi connectivity index (χ1n) is 11.8. The maximum Gasteiger partial charge on any atom is 0.257 e. The molecule has 192 valence electrons. The van der Waals surface area contributed by atoms with E-state index in [0.29, 0.717) is 22.0 Å². The third kappa shape index (κ3) is 6.07. The van der Waals surface area contributed by atoms with Gasteiger partial charge in [0.15, 0.2) is 0 Å². The predicted molar refractivity (Wildman–Crippen MR) is 143 cm³/mol. The average Bonchev–Trinajstić information content (AvgIpc) is 3.20. The molecule has 2 heterocycles. The van der Waals surface area contributed by atoms with Gasteiger partial charge in [-0.1, -0.05) is 42.1 Å². The highest BCUT2D eigenvalue weighted by molar-refractivity contribution is 8.00. The van der Waals surface area contributed by atoms with Crippen LogP contribution in [0.1, 0.15) is 30.2 Å². The first kappa shape index (κ1) is 26.6. The number of carbonyl (C=O) groups excluding carboxylic acids is 4. The molecule has 0 radical (unpaired) electrons. The standard InChI is InChI=1S/C28H25N5O4S/c1-18-8-9-21(15-29)27(30-18)38-17-26(36)32(16-20-6-4-3-5-7-20)24-14-25(35)33(28(24)37)23-12-10-22(11-13-23)31-19(2)34/h3-13,24H,14,16-17H2,1-2H3,(H,31,34). The Bertz CT molecular complexity index is 1420. The van der Waals surface area contributed by atoms with E-state index in [4.69, 9.17) is 0 Å². The second-order valence-electron chi connectivity index (χ2n) is 8.73. The molecule has 0 aliphatic carbocycles. The topological polar surface area (TPSA) is 123 Å². The highest BCUT2D eigenvalue weighted by atomic mass is 32.2. The molecule has 1 fully saturated rings. The van der Waals surface area contributed by atoms with Gasteiger partial charge in [0.1, 0.15) is 17.1 Å². The molecule has 3 aromatic rings. The number of hydrogen-bond donors (Lipinski definition) is 1. The first-order valence-corrected chi connectivity index (χ1v) is 12.8. The maximum absolute atomic E-state index is 13.5. The number of nitriles is 1. The zero-order chi connectivity index (χ0) is 27.2. The monoisotopic (exact) mass is 527 g/mol. The van der Waals surface area contributed by atoms with Crippen molar-refractivity contribution >= 4 is 46.8 Å². The van der Waals surface area contributed by atoms with E-state index in [2.05, 4.69) is 16.4 Å². The van der Waals surface area contributed by atoms with Gasteiger partial charge in [0.05, 0.1) is 23.4 Å². The molecule has 1 unspecified atom stereocenters. The van der Waals surface area contributed by atoms with Crippen LogP contribution in [0.3, 0.4) is 0 Å². The van der Waals surface area contributed by atoms with Crippen LogP contribution in [0, 0.1) is 18.3 Å². The van der Waals surface area contributed by atoms with Crippen LogP contribution in [0.15, 0.2) is 71.8 Å². The van der Waals surface area contributed by atoms with Crippen LogP contribution < -0.4 is 10.2 Å². The molecule has 2 aromatic carbocycles. The molecule has 1 saturated heterocycles. The van der Waals surface area contributed by atoms with Crippen LogP contribution in [0.2, 0.25) is 0 Å². The van der Waals surface area contributed by atoms with Crippen molar-refractivity contribution in [2.75, 3.05) is 16.0 Å². The van der Waals surface area contributed by atoms with Gasteiger partial charge in [0, 0.05) is 24.8 Å². The summed E-state index contributed by atoms with van der Waals surface area (Å²) in [6, 6.07) is 20.1. The summed E-state index contributed by atoms with van der Waals surface area (Å²) in [5.41, 5.74) is 2.80. The second-order valence-corrected chi connectivity index (χ2v) is 9.69. The minimum Gasteiger partial charge on any atom is -0.326 e. The van der Waals surface area contributed by atoms with Crippen molar-refractivity contribution in [1.29, 1.82) is 5.26 Å². The van der Waals surface area contributed by atoms with Crippen molar-refractivity contribution in [2.24, 2.45) is 0 Å². The number of nitrogens with one attached hydrogen (secondary N) is 1. The van der Waals surface area contributed by atoms with Gasteiger partial charge in [-0.3, -0.25) is 19.2 Å². The van der Waals surface area contributed by atoms with Gasteiger partial charge in [-0.05, 0) is 48.9 Å². The van der Waals surface area contributed by atoms with Crippen molar-refractivity contribution in [3.05, 3.63) is 83.6 Å². The summed E-state index contributed by atoms with van der Waals surface area (Å²) in [4.78, 5) is 58.2. The summed E-state index contributed by atoms with van der Waals surface area (Å²) in [7, 11) is 0. The fourth-order valence-corrected chi connectivity index (χ4v) is 5.02. The Hall–Kier alpha value is -4.49. The molecule has 1 aliphatic heterocycles. The summed E-state index contributed by atoms with van der Waals surface area (Å²) in [5, 5.41) is 12.5. The number of anilines is 2. The minimum atomic E-state index is -0.980. The van der Waals surface area contributed by atoms with Gasteiger partial charge in [-0.25, -0.2) is 9.88 Å². The quantitative estimate of drug-likeness (QED) is 0.350. The molecular weight excluding hydrogens is 502 g/mol. The molecule has 9 nitrogen and oxygen atoms in total. The number of pyridine rings is 1. The number of thioether (sulfide) groups is 1. The zero-order valence-electron chi connectivity index (χ0n) is 20.9. The van der Waals surface area contributed by atoms with Crippen LogP contribution in [0.5, 0.6) is 0 Å². The van der Waals surface area contributed by atoms with Crippen molar-refractivity contribution < 1.29 is 19.2 Å². The molecule has 4 rings (SSSR count). The van der Waals surface area contributed by atoms with Crippen molar-refractivity contribution in [1.82, 2.24) is 9.88 Å². The van der Waals surface area contributed by atoms with Gasteiger partial charge < -0.3 is 10.2 Å². The summed E-state index contributed by atoms with van der Waals surface area (Å²) in [6.45, 7) is 3.33. The smallest absolute Gasteiger partial charge is 0.257 e.